The lowest BCUT2D eigenvalue weighted by molar-refractivity contribution is -0.121. The van der Waals surface area contributed by atoms with Crippen molar-refractivity contribution in [2.45, 2.75) is 6.92 Å². The molecule has 0 aliphatic carbocycles. The molecule has 0 unspecified atom stereocenters. The van der Waals surface area contributed by atoms with Gasteiger partial charge in [0.2, 0.25) is 0 Å². The number of hydrogen-bond acceptors (Lipinski definition) is 5. The van der Waals surface area contributed by atoms with Gasteiger partial charge in [-0.15, -0.1) is 0 Å². The van der Waals surface area contributed by atoms with Gasteiger partial charge in [-0.3, -0.25) is 14.9 Å². The minimum atomic E-state index is -0.967. The van der Waals surface area contributed by atoms with Crippen LogP contribution < -0.4 is 20.5 Å². The van der Waals surface area contributed by atoms with Gasteiger partial charge in [0.1, 0.15) is 11.5 Å². The summed E-state index contributed by atoms with van der Waals surface area (Å²) in [6.45, 7) is 0.939. The van der Waals surface area contributed by atoms with E-state index in [1.165, 1.54) is 26.2 Å². The number of carbonyl (C=O) groups excluding carboxylic acids is 3. The number of nitrogens with two attached hydrogens (primary N) is 1. The van der Waals surface area contributed by atoms with Gasteiger partial charge in [-0.2, -0.15) is 0 Å². The molecule has 0 saturated carbocycles. The number of primary amides is 1. The second-order valence-corrected chi connectivity index (χ2v) is 3.62. The van der Waals surface area contributed by atoms with Gasteiger partial charge in [-0.1, -0.05) is 0 Å². The molecule has 0 aliphatic rings. The van der Waals surface area contributed by atoms with Gasteiger partial charge in [0.15, 0.2) is 12.4 Å². The third-order valence-corrected chi connectivity index (χ3v) is 2.19. The van der Waals surface area contributed by atoms with Crippen molar-refractivity contribution in [2.24, 2.45) is 5.73 Å². The standard InChI is InChI=1S/C12H14N2O5/c1-7(15)9-4-3-8(18-2)5-10(9)19-6-11(16)14-12(13)17/h3-5H,6H2,1-2H3,(H3,13,14,16,17). The smallest absolute Gasteiger partial charge is 0.318 e. The Balaban J connectivity index is 2.83. The molecule has 19 heavy (non-hydrogen) atoms. The summed E-state index contributed by atoms with van der Waals surface area (Å²) >= 11 is 0. The number of urea groups is 1. The third kappa shape index (κ3) is 4.30. The molecule has 0 spiro atoms. The van der Waals surface area contributed by atoms with Crippen LogP contribution in [-0.4, -0.2) is 31.4 Å². The van der Waals surface area contributed by atoms with Crippen LogP contribution in [0.15, 0.2) is 18.2 Å². The van der Waals surface area contributed by atoms with Crippen LogP contribution in [-0.2, 0) is 4.79 Å². The average molecular weight is 266 g/mol. The number of imide groups is 1. The fourth-order valence-corrected chi connectivity index (χ4v) is 1.36. The van der Waals surface area contributed by atoms with Crippen LogP contribution in [0.5, 0.6) is 11.5 Å². The zero-order chi connectivity index (χ0) is 14.4. The van der Waals surface area contributed by atoms with Gasteiger partial charge in [0, 0.05) is 6.07 Å². The van der Waals surface area contributed by atoms with Crippen molar-refractivity contribution in [3.63, 3.8) is 0 Å². The Labute approximate surface area is 109 Å². The van der Waals surface area contributed by atoms with Gasteiger partial charge >= 0.3 is 6.03 Å². The number of methoxy groups -OCH3 is 1. The Hall–Kier alpha value is -2.57. The maximum Gasteiger partial charge on any atom is 0.318 e. The maximum absolute atomic E-state index is 11.4. The van der Waals surface area contributed by atoms with Crippen molar-refractivity contribution in [1.82, 2.24) is 5.32 Å². The molecular weight excluding hydrogens is 252 g/mol. The highest BCUT2D eigenvalue weighted by atomic mass is 16.5. The quantitative estimate of drug-likeness (QED) is 0.753. The van der Waals surface area contributed by atoms with Crippen molar-refractivity contribution in [2.75, 3.05) is 13.7 Å². The van der Waals surface area contributed by atoms with Crippen LogP contribution in [0.3, 0.4) is 0 Å². The Kier molecular flexibility index (Phi) is 4.87. The number of hydrogen-bond donors (Lipinski definition) is 2. The predicted molar refractivity (Wildman–Crippen MR) is 66.2 cm³/mol. The zero-order valence-electron chi connectivity index (χ0n) is 10.6. The molecule has 0 radical (unpaired) electrons. The first kappa shape index (κ1) is 14.5. The van der Waals surface area contributed by atoms with Crippen molar-refractivity contribution >= 4 is 17.7 Å². The summed E-state index contributed by atoms with van der Waals surface area (Å²) in [6.07, 6.45) is 0. The van der Waals surface area contributed by atoms with Gasteiger partial charge in [-0.05, 0) is 19.1 Å². The minimum Gasteiger partial charge on any atom is -0.497 e. The van der Waals surface area contributed by atoms with Crippen LogP contribution in [0.4, 0.5) is 4.79 Å². The SMILES string of the molecule is COc1ccc(C(C)=O)c(OCC(=O)NC(N)=O)c1. The van der Waals surface area contributed by atoms with Crippen LogP contribution in [0.25, 0.3) is 0 Å². The first-order valence-corrected chi connectivity index (χ1v) is 5.35. The summed E-state index contributed by atoms with van der Waals surface area (Å²) in [4.78, 5) is 33.1. The van der Waals surface area contributed by atoms with Crippen molar-refractivity contribution in [1.29, 1.82) is 0 Å². The Morgan fingerprint density at radius 1 is 1.32 bits per heavy atom. The van der Waals surface area contributed by atoms with Crippen LogP contribution >= 0.6 is 0 Å². The Morgan fingerprint density at radius 2 is 2.00 bits per heavy atom. The molecule has 1 aromatic carbocycles. The summed E-state index contributed by atoms with van der Waals surface area (Å²) < 4.78 is 10.2. The van der Waals surface area contributed by atoms with Crippen molar-refractivity contribution < 1.29 is 23.9 Å². The molecule has 0 bridgehead atoms. The molecule has 7 heteroatoms. The van der Waals surface area contributed by atoms with E-state index >= 15 is 0 Å². The van der Waals surface area contributed by atoms with E-state index in [1.54, 1.807) is 6.07 Å². The summed E-state index contributed by atoms with van der Waals surface area (Å²) in [5.41, 5.74) is 5.10. The lowest BCUT2D eigenvalue weighted by Crippen LogP contribution is -2.38. The summed E-state index contributed by atoms with van der Waals surface area (Å²) in [6, 6.07) is 3.65. The number of nitrogens with one attached hydrogen (secondary N) is 1. The summed E-state index contributed by atoms with van der Waals surface area (Å²) in [7, 11) is 1.46. The molecule has 3 N–H and O–H groups in total. The first-order chi connectivity index (χ1) is 8.93. The molecule has 1 aromatic rings. The normalized spacial score (nSPS) is 9.58. The monoisotopic (exact) mass is 266 g/mol. The minimum absolute atomic E-state index is 0.200. The predicted octanol–water partition coefficient (Wildman–Crippen LogP) is 0.472. The molecule has 0 heterocycles. The molecular formula is C12H14N2O5. The molecule has 3 amide bonds. The first-order valence-electron chi connectivity index (χ1n) is 5.35. The molecule has 0 atom stereocenters. The van der Waals surface area contributed by atoms with E-state index in [-0.39, 0.29) is 11.5 Å². The van der Waals surface area contributed by atoms with Crippen molar-refractivity contribution in [3.8, 4) is 11.5 Å². The number of benzene rings is 1. The lowest BCUT2D eigenvalue weighted by Gasteiger charge is -2.10. The molecule has 7 nitrogen and oxygen atoms in total. The number of ketones is 1. The highest BCUT2D eigenvalue weighted by Gasteiger charge is 2.12. The molecule has 0 fully saturated rings. The summed E-state index contributed by atoms with van der Waals surface area (Å²) in [5, 5.41) is 1.85. The Bertz CT molecular complexity index is 513. The molecule has 0 aromatic heterocycles. The number of Topliss-reactive ketones (excluding diaryl/α,β-unsaturated/α-hetero) is 1. The average Bonchev–Trinajstić information content (AvgIpc) is 2.34. The van der Waals surface area contributed by atoms with E-state index in [1.807, 2.05) is 5.32 Å². The van der Waals surface area contributed by atoms with E-state index in [0.29, 0.717) is 11.3 Å². The largest absolute Gasteiger partial charge is 0.497 e. The fraction of sp³-hybridized carbons (Fsp3) is 0.250. The maximum atomic E-state index is 11.4. The number of rotatable bonds is 5. The van der Waals surface area contributed by atoms with Crippen LogP contribution in [0.2, 0.25) is 0 Å². The number of carbonyl (C=O) groups is 3. The zero-order valence-corrected chi connectivity index (χ0v) is 10.6. The third-order valence-electron chi connectivity index (χ3n) is 2.19. The lowest BCUT2D eigenvalue weighted by atomic mass is 10.1. The van der Waals surface area contributed by atoms with Crippen molar-refractivity contribution in [3.05, 3.63) is 23.8 Å². The molecule has 0 aliphatic heterocycles. The highest BCUT2D eigenvalue weighted by molar-refractivity contribution is 5.97. The molecule has 0 saturated heterocycles. The van der Waals surface area contributed by atoms with E-state index in [0.717, 1.165) is 0 Å². The van der Waals surface area contributed by atoms with E-state index < -0.39 is 18.5 Å². The summed E-state index contributed by atoms with van der Waals surface area (Å²) in [5.74, 6) is -0.237. The molecule has 1 rings (SSSR count). The molecule has 102 valence electrons. The topological polar surface area (TPSA) is 108 Å². The highest BCUT2D eigenvalue weighted by Crippen LogP contribution is 2.25. The van der Waals surface area contributed by atoms with E-state index in [2.05, 4.69) is 0 Å². The van der Waals surface area contributed by atoms with E-state index in [9.17, 15) is 14.4 Å². The van der Waals surface area contributed by atoms with Gasteiger partial charge in [0.25, 0.3) is 5.91 Å². The number of amides is 3. The number of ether oxygens (including phenoxy) is 2. The van der Waals surface area contributed by atoms with Crippen LogP contribution in [0.1, 0.15) is 17.3 Å². The van der Waals surface area contributed by atoms with Gasteiger partial charge < -0.3 is 15.2 Å². The van der Waals surface area contributed by atoms with E-state index in [4.69, 9.17) is 15.2 Å². The second kappa shape index (κ2) is 6.39. The Morgan fingerprint density at radius 3 is 2.53 bits per heavy atom. The second-order valence-electron chi connectivity index (χ2n) is 3.62. The van der Waals surface area contributed by atoms with Crippen LogP contribution in [0, 0.1) is 0 Å². The van der Waals surface area contributed by atoms with Gasteiger partial charge in [-0.25, -0.2) is 4.79 Å². The fourth-order valence-electron chi connectivity index (χ4n) is 1.36. The van der Waals surface area contributed by atoms with Gasteiger partial charge in [0.05, 0.1) is 12.7 Å².